The number of rotatable bonds is 5. The van der Waals surface area contributed by atoms with Gasteiger partial charge in [0.2, 0.25) is 5.78 Å². The van der Waals surface area contributed by atoms with E-state index in [2.05, 4.69) is 0 Å². The molecule has 1 saturated heterocycles. The van der Waals surface area contributed by atoms with Gasteiger partial charge >= 0.3 is 0 Å². The highest BCUT2D eigenvalue weighted by Crippen LogP contribution is 2.52. The van der Waals surface area contributed by atoms with E-state index in [1.54, 1.807) is 13.8 Å². The maximum Gasteiger partial charge on any atom is 0.202 e. The average molecular weight is 543 g/mol. The summed E-state index contributed by atoms with van der Waals surface area (Å²) in [4.78, 5) is 39.8. The minimum atomic E-state index is -2.21. The number of carbonyl (C=O) groups is 3. The molecule has 39 heavy (non-hydrogen) atoms. The van der Waals surface area contributed by atoms with Crippen LogP contribution in [0, 0.1) is 5.92 Å². The Morgan fingerprint density at radius 3 is 2.44 bits per heavy atom. The van der Waals surface area contributed by atoms with Crippen LogP contribution < -0.4 is 4.74 Å². The van der Waals surface area contributed by atoms with Crippen LogP contribution in [0.4, 0.5) is 0 Å². The van der Waals surface area contributed by atoms with E-state index in [0.717, 1.165) is 0 Å². The Balaban J connectivity index is 1.69. The van der Waals surface area contributed by atoms with Gasteiger partial charge in [0, 0.05) is 36.0 Å². The van der Waals surface area contributed by atoms with Crippen molar-refractivity contribution in [1.82, 2.24) is 0 Å². The Morgan fingerprint density at radius 1 is 1.10 bits per heavy atom. The SMILES string of the molecule is COc1cccc2c1C(=O)c1c(O)c3c(c(O)c1C2=O)C[C@@](O)(C(=O)CO)C[C@@H]3O[C@@H]1C[C@H](C)[C@H](O)[C@H](C)O1. The second kappa shape index (κ2) is 9.68. The maximum absolute atomic E-state index is 13.7. The second-order valence-electron chi connectivity index (χ2n) is 10.5. The number of aromatic hydroxyl groups is 2. The molecule has 0 unspecified atom stereocenters. The zero-order valence-corrected chi connectivity index (χ0v) is 21.6. The predicted octanol–water partition coefficient (Wildman–Crippen LogP) is 1.31. The number of carbonyl (C=O) groups excluding carboxylic acids is 3. The molecular weight excluding hydrogens is 512 g/mol. The van der Waals surface area contributed by atoms with Crippen molar-refractivity contribution >= 4 is 17.3 Å². The first-order valence-corrected chi connectivity index (χ1v) is 12.7. The molecule has 11 nitrogen and oxygen atoms in total. The van der Waals surface area contributed by atoms with Crippen molar-refractivity contribution in [3.63, 3.8) is 0 Å². The van der Waals surface area contributed by atoms with Gasteiger partial charge in [-0.15, -0.1) is 0 Å². The van der Waals surface area contributed by atoms with E-state index < -0.39 is 89.6 Å². The molecule has 2 aromatic carbocycles. The number of benzene rings is 2. The third-order valence-electron chi connectivity index (χ3n) is 8.05. The number of aliphatic hydroxyl groups excluding tert-OH is 2. The first-order chi connectivity index (χ1) is 18.4. The first kappa shape index (κ1) is 27.2. The Hall–Kier alpha value is -3.35. The van der Waals surface area contributed by atoms with Crippen molar-refractivity contribution in [2.45, 2.75) is 63.3 Å². The maximum atomic E-state index is 13.7. The summed E-state index contributed by atoms with van der Waals surface area (Å²) in [6.07, 6.45) is -4.31. The zero-order valence-electron chi connectivity index (χ0n) is 21.6. The summed E-state index contributed by atoms with van der Waals surface area (Å²) < 4.78 is 17.2. The fourth-order valence-corrected chi connectivity index (χ4v) is 5.95. The Kier molecular flexibility index (Phi) is 6.76. The van der Waals surface area contributed by atoms with Gasteiger partial charge in [0.05, 0.1) is 42.1 Å². The number of hydrogen-bond acceptors (Lipinski definition) is 11. The lowest BCUT2D eigenvalue weighted by Crippen LogP contribution is -2.49. The minimum absolute atomic E-state index is 0.0380. The summed E-state index contributed by atoms with van der Waals surface area (Å²) >= 11 is 0. The van der Waals surface area contributed by atoms with Crippen LogP contribution in [0.3, 0.4) is 0 Å². The van der Waals surface area contributed by atoms with E-state index in [0.29, 0.717) is 0 Å². The molecule has 1 heterocycles. The number of methoxy groups -OCH3 is 1. The topological polar surface area (TPSA) is 180 Å². The molecule has 1 fully saturated rings. The highest BCUT2D eigenvalue weighted by molar-refractivity contribution is 6.31. The molecule has 1 aliphatic heterocycles. The van der Waals surface area contributed by atoms with Crippen LogP contribution >= 0.6 is 0 Å². The van der Waals surface area contributed by atoms with Gasteiger partial charge in [-0.25, -0.2) is 0 Å². The van der Waals surface area contributed by atoms with Gasteiger partial charge in [0.25, 0.3) is 0 Å². The van der Waals surface area contributed by atoms with Crippen LogP contribution in [-0.2, 0) is 20.7 Å². The molecule has 0 amide bonds. The van der Waals surface area contributed by atoms with Crippen LogP contribution in [-0.4, -0.2) is 80.7 Å². The fourth-order valence-electron chi connectivity index (χ4n) is 5.95. The van der Waals surface area contributed by atoms with E-state index in [9.17, 15) is 39.9 Å². The summed E-state index contributed by atoms with van der Waals surface area (Å²) in [7, 11) is 1.33. The molecule has 0 aromatic heterocycles. The van der Waals surface area contributed by atoms with Crippen molar-refractivity contribution in [1.29, 1.82) is 0 Å². The van der Waals surface area contributed by atoms with Gasteiger partial charge < -0.3 is 39.7 Å². The third kappa shape index (κ3) is 4.12. The quantitative estimate of drug-likeness (QED) is 0.293. The van der Waals surface area contributed by atoms with Crippen LogP contribution in [0.1, 0.15) is 75.8 Å². The number of aliphatic hydroxyl groups is 3. The number of phenolic OH excluding ortho intramolecular Hbond substituents is 2. The lowest BCUT2D eigenvalue weighted by atomic mass is 9.72. The number of ether oxygens (including phenoxy) is 3. The van der Waals surface area contributed by atoms with Crippen molar-refractivity contribution < 1.29 is 54.1 Å². The van der Waals surface area contributed by atoms with Gasteiger partial charge in [-0.2, -0.15) is 0 Å². The van der Waals surface area contributed by atoms with E-state index in [1.165, 1.54) is 25.3 Å². The van der Waals surface area contributed by atoms with E-state index >= 15 is 0 Å². The van der Waals surface area contributed by atoms with Gasteiger partial charge in [-0.1, -0.05) is 19.1 Å². The molecule has 208 valence electrons. The summed E-state index contributed by atoms with van der Waals surface area (Å²) in [5.41, 5.74) is -3.45. The number of fused-ring (bicyclic) bond motifs is 3. The average Bonchev–Trinajstić information content (AvgIpc) is 2.90. The number of Topliss-reactive ketones (excluding diaryl/α,β-unsaturated/α-hetero) is 1. The Bertz CT molecular complexity index is 1370. The molecule has 2 aliphatic carbocycles. The minimum Gasteiger partial charge on any atom is -0.507 e. The summed E-state index contributed by atoms with van der Waals surface area (Å²) in [5.74, 6) is -3.87. The standard InChI is InChI=1S/C28H30O11/c1-11-7-18(38-12(2)23(11)31)39-16-9-28(36,17(30)10-29)8-14-20(16)27(35)22-21(25(14)33)24(32)13-5-4-6-15(37-3)19(13)26(22)34/h4-6,11-12,16,18,23,29,31,33,35-36H,7-10H2,1-3H3/t11-,12-,16-,18+,23-,28-/m0/s1. The first-order valence-electron chi connectivity index (χ1n) is 12.7. The van der Waals surface area contributed by atoms with Crippen molar-refractivity contribution in [3.05, 3.63) is 51.6 Å². The third-order valence-corrected chi connectivity index (χ3v) is 8.05. The molecule has 11 heteroatoms. The van der Waals surface area contributed by atoms with Crippen LogP contribution in [0.2, 0.25) is 0 Å². The van der Waals surface area contributed by atoms with Crippen molar-refractivity contribution in [3.8, 4) is 17.2 Å². The molecule has 0 bridgehead atoms. The van der Waals surface area contributed by atoms with Crippen LogP contribution in [0.25, 0.3) is 0 Å². The van der Waals surface area contributed by atoms with Crippen LogP contribution in [0.15, 0.2) is 18.2 Å². The van der Waals surface area contributed by atoms with Crippen LogP contribution in [0.5, 0.6) is 17.2 Å². The number of ketones is 3. The summed E-state index contributed by atoms with van der Waals surface area (Å²) in [6, 6.07) is 4.40. The molecule has 6 atom stereocenters. The monoisotopic (exact) mass is 542 g/mol. The molecule has 0 saturated carbocycles. The van der Waals surface area contributed by atoms with E-state index in [4.69, 9.17) is 14.2 Å². The molecule has 0 spiro atoms. The van der Waals surface area contributed by atoms with Crippen molar-refractivity contribution in [2.75, 3.05) is 13.7 Å². The molecule has 5 N–H and O–H groups in total. The number of hydrogen-bond donors (Lipinski definition) is 5. The summed E-state index contributed by atoms with van der Waals surface area (Å²) in [5, 5.41) is 53.9. The van der Waals surface area contributed by atoms with Gasteiger partial charge in [0.15, 0.2) is 17.9 Å². The highest BCUT2D eigenvalue weighted by Gasteiger charge is 2.50. The lowest BCUT2D eigenvalue weighted by molar-refractivity contribution is -0.255. The predicted molar refractivity (Wildman–Crippen MR) is 133 cm³/mol. The van der Waals surface area contributed by atoms with E-state index in [1.807, 2.05) is 0 Å². The summed E-state index contributed by atoms with van der Waals surface area (Å²) in [6.45, 7) is 2.46. The molecule has 2 aromatic rings. The second-order valence-corrected chi connectivity index (χ2v) is 10.5. The zero-order chi connectivity index (χ0) is 28.4. The smallest absolute Gasteiger partial charge is 0.202 e. The molecular formula is C28H30O11. The normalized spacial score (nSPS) is 29.8. The lowest BCUT2D eigenvalue weighted by Gasteiger charge is -2.42. The van der Waals surface area contributed by atoms with Gasteiger partial charge in [-0.05, 0) is 18.9 Å². The molecule has 0 radical (unpaired) electrons. The van der Waals surface area contributed by atoms with Gasteiger partial charge in [-0.3, -0.25) is 14.4 Å². The van der Waals surface area contributed by atoms with E-state index in [-0.39, 0.29) is 40.3 Å². The highest BCUT2D eigenvalue weighted by atomic mass is 16.7. The number of phenols is 2. The molecule has 5 rings (SSSR count). The Labute approximate surface area is 223 Å². The molecule has 3 aliphatic rings. The Morgan fingerprint density at radius 2 is 1.79 bits per heavy atom. The fraction of sp³-hybridized carbons (Fsp3) is 0.464. The van der Waals surface area contributed by atoms with Gasteiger partial charge in [0.1, 0.15) is 29.5 Å². The van der Waals surface area contributed by atoms with Crippen molar-refractivity contribution in [2.24, 2.45) is 5.92 Å². The largest absolute Gasteiger partial charge is 0.507 e.